The van der Waals surface area contributed by atoms with E-state index in [4.69, 9.17) is 19.7 Å². The third-order valence-corrected chi connectivity index (χ3v) is 8.93. The number of aromatic nitrogens is 4. The molecule has 11 nitrogen and oxygen atoms in total. The number of para-hydroxylation sites is 1. The smallest absolute Gasteiger partial charge is 0.302 e. The van der Waals surface area contributed by atoms with Gasteiger partial charge in [-0.1, -0.05) is 12.1 Å². The molecule has 0 spiro atoms. The number of hydrogen-bond donors (Lipinski definition) is 1. The first-order chi connectivity index (χ1) is 19.2. The lowest BCUT2D eigenvalue weighted by Crippen LogP contribution is -2.48. The van der Waals surface area contributed by atoms with Crippen molar-refractivity contribution >= 4 is 51.5 Å². The standard InChI is InChI=1S/C26H33N9O2S2/c1-37-21-9-3-2-8-19(21)20-18-38-25(27-20)31-39-26(36)35-16-14-34(15-17-35)24-29-22(32-10-4-5-11-32)28-23(30-24)33-12-6-7-13-33/h2-3,8-9,18H,4-7,10-17H2,1H3,(H,27,31). The zero-order valence-electron chi connectivity index (χ0n) is 22.1. The lowest BCUT2D eigenvalue weighted by Gasteiger charge is -2.35. The highest BCUT2D eigenvalue weighted by Gasteiger charge is 2.27. The van der Waals surface area contributed by atoms with Gasteiger partial charge in [0.05, 0.1) is 12.8 Å². The maximum absolute atomic E-state index is 13.0. The molecule has 1 N–H and O–H groups in total. The molecule has 206 valence electrons. The van der Waals surface area contributed by atoms with E-state index in [2.05, 4.69) is 24.4 Å². The van der Waals surface area contributed by atoms with Gasteiger partial charge in [-0.3, -0.25) is 9.52 Å². The molecule has 13 heteroatoms. The Labute approximate surface area is 236 Å². The topological polar surface area (TPSA) is 103 Å². The van der Waals surface area contributed by atoms with Crippen LogP contribution in [0, 0.1) is 0 Å². The number of carbonyl (C=O) groups is 1. The van der Waals surface area contributed by atoms with E-state index < -0.39 is 0 Å². The van der Waals surface area contributed by atoms with E-state index in [1.807, 2.05) is 34.5 Å². The Hall–Kier alpha value is -3.32. The SMILES string of the molecule is COc1ccccc1-c1csc(NSC(=O)N2CCN(c3nc(N4CCCC4)nc(N4CCCC4)n3)CC2)n1. The Morgan fingerprint density at radius 1 is 0.821 bits per heavy atom. The minimum atomic E-state index is -0.0187. The molecule has 2 aromatic heterocycles. The summed E-state index contributed by atoms with van der Waals surface area (Å²) in [5.41, 5.74) is 1.75. The molecular formula is C26H33N9O2S2. The van der Waals surface area contributed by atoms with Crippen molar-refractivity contribution in [2.24, 2.45) is 0 Å². The third kappa shape index (κ3) is 5.83. The molecule has 1 amide bonds. The number of hydrogen-bond acceptors (Lipinski definition) is 12. The summed E-state index contributed by atoms with van der Waals surface area (Å²) in [5, 5.41) is 2.63. The third-order valence-electron chi connectivity index (χ3n) is 7.31. The van der Waals surface area contributed by atoms with Gasteiger partial charge in [-0.15, -0.1) is 11.3 Å². The summed E-state index contributed by atoms with van der Waals surface area (Å²) < 4.78 is 8.57. The van der Waals surface area contributed by atoms with E-state index in [0.717, 1.165) is 73.0 Å². The second-order valence-corrected chi connectivity index (χ2v) is 11.4. The second kappa shape index (κ2) is 11.8. The number of thiazole rings is 1. The molecule has 0 bridgehead atoms. The zero-order chi connectivity index (χ0) is 26.6. The van der Waals surface area contributed by atoms with Gasteiger partial charge in [0.2, 0.25) is 17.8 Å². The van der Waals surface area contributed by atoms with Crippen LogP contribution in [-0.4, -0.2) is 89.5 Å². The fourth-order valence-electron chi connectivity index (χ4n) is 5.14. The first-order valence-corrected chi connectivity index (χ1v) is 15.2. The van der Waals surface area contributed by atoms with Gasteiger partial charge in [0.15, 0.2) is 5.13 Å². The van der Waals surface area contributed by atoms with Gasteiger partial charge in [-0.25, -0.2) is 4.98 Å². The van der Waals surface area contributed by atoms with Crippen LogP contribution in [0.25, 0.3) is 11.3 Å². The number of anilines is 4. The molecule has 39 heavy (non-hydrogen) atoms. The van der Waals surface area contributed by atoms with E-state index in [1.165, 1.54) is 37.0 Å². The van der Waals surface area contributed by atoms with Crippen molar-refractivity contribution in [1.82, 2.24) is 24.8 Å². The molecule has 3 aromatic rings. The number of piperazine rings is 1. The molecule has 0 unspecified atom stereocenters. The van der Waals surface area contributed by atoms with Gasteiger partial charge in [0.1, 0.15) is 5.75 Å². The van der Waals surface area contributed by atoms with Gasteiger partial charge in [-0.05, 0) is 37.8 Å². The average molecular weight is 568 g/mol. The molecule has 1 aromatic carbocycles. The molecule has 3 saturated heterocycles. The first-order valence-electron chi connectivity index (χ1n) is 13.5. The number of carbonyl (C=O) groups excluding carboxylic acids is 1. The number of nitrogens with zero attached hydrogens (tertiary/aromatic N) is 8. The highest BCUT2D eigenvalue weighted by molar-refractivity contribution is 8.14. The lowest BCUT2D eigenvalue weighted by molar-refractivity contribution is 0.219. The predicted molar refractivity (Wildman–Crippen MR) is 157 cm³/mol. The molecule has 3 aliphatic rings. The number of rotatable bonds is 7. The second-order valence-electron chi connectivity index (χ2n) is 9.81. The van der Waals surface area contributed by atoms with Crippen LogP contribution in [0.15, 0.2) is 29.6 Å². The highest BCUT2D eigenvalue weighted by atomic mass is 32.2. The number of methoxy groups -OCH3 is 1. The van der Waals surface area contributed by atoms with E-state index in [-0.39, 0.29) is 5.24 Å². The lowest BCUT2D eigenvalue weighted by atomic mass is 10.1. The molecule has 3 fully saturated rings. The number of ether oxygens (including phenoxy) is 1. The molecule has 3 aliphatic heterocycles. The molecule has 0 saturated carbocycles. The van der Waals surface area contributed by atoms with Gasteiger partial charge < -0.3 is 24.3 Å². The maximum Gasteiger partial charge on any atom is 0.302 e. The van der Waals surface area contributed by atoms with Gasteiger partial charge >= 0.3 is 5.24 Å². The summed E-state index contributed by atoms with van der Waals surface area (Å²) in [6.45, 7) is 6.57. The van der Waals surface area contributed by atoms with Crippen LogP contribution in [-0.2, 0) is 0 Å². The van der Waals surface area contributed by atoms with Crippen molar-refractivity contribution < 1.29 is 9.53 Å². The molecular weight excluding hydrogens is 534 g/mol. The summed E-state index contributed by atoms with van der Waals surface area (Å²) in [7, 11) is 1.65. The summed E-state index contributed by atoms with van der Waals surface area (Å²) >= 11 is 2.54. The Morgan fingerprint density at radius 3 is 1.97 bits per heavy atom. The van der Waals surface area contributed by atoms with Crippen LogP contribution in [0.2, 0.25) is 0 Å². The Balaban J connectivity index is 1.06. The van der Waals surface area contributed by atoms with Crippen LogP contribution in [0.4, 0.5) is 27.8 Å². The summed E-state index contributed by atoms with van der Waals surface area (Å²) in [6, 6.07) is 7.78. The Kier molecular flexibility index (Phi) is 7.86. The predicted octanol–water partition coefficient (Wildman–Crippen LogP) is 4.21. The molecule has 0 radical (unpaired) electrons. The molecule has 6 rings (SSSR count). The van der Waals surface area contributed by atoms with Crippen LogP contribution < -0.4 is 24.2 Å². The van der Waals surface area contributed by atoms with E-state index in [0.29, 0.717) is 31.3 Å². The van der Waals surface area contributed by atoms with Crippen LogP contribution in [0.5, 0.6) is 5.75 Å². The fraction of sp³-hybridized carbons (Fsp3) is 0.500. The minimum Gasteiger partial charge on any atom is -0.496 e. The normalized spacial score (nSPS) is 17.7. The zero-order valence-corrected chi connectivity index (χ0v) is 23.7. The van der Waals surface area contributed by atoms with Crippen LogP contribution >= 0.6 is 23.3 Å². The summed E-state index contributed by atoms with van der Waals surface area (Å²) in [6.07, 6.45) is 4.70. The largest absolute Gasteiger partial charge is 0.496 e. The fourth-order valence-corrected chi connectivity index (χ4v) is 6.55. The van der Waals surface area contributed by atoms with Crippen molar-refractivity contribution in [2.75, 3.05) is 78.9 Å². The van der Waals surface area contributed by atoms with Crippen LogP contribution in [0.1, 0.15) is 25.7 Å². The van der Waals surface area contributed by atoms with Crippen molar-refractivity contribution in [3.8, 4) is 17.0 Å². The molecule has 0 aliphatic carbocycles. The van der Waals surface area contributed by atoms with E-state index >= 15 is 0 Å². The quantitative estimate of drug-likeness (QED) is 0.416. The Morgan fingerprint density at radius 2 is 1.38 bits per heavy atom. The summed E-state index contributed by atoms with van der Waals surface area (Å²) in [4.78, 5) is 40.7. The van der Waals surface area contributed by atoms with E-state index in [1.54, 1.807) is 7.11 Å². The van der Waals surface area contributed by atoms with Gasteiger partial charge in [-0.2, -0.15) is 15.0 Å². The Bertz CT molecular complexity index is 1250. The van der Waals surface area contributed by atoms with Crippen molar-refractivity contribution in [3.05, 3.63) is 29.6 Å². The van der Waals surface area contributed by atoms with Crippen LogP contribution in [0.3, 0.4) is 0 Å². The van der Waals surface area contributed by atoms with Crippen molar-refractivity contribution in [1.29, 1.82) is 0 Å². The average Bonchev–Trinajstić information content (AvgIpc) is 3.79. The monoisotopic (exact) mass is 567 g/mol. The number of benzene rings is 1. The first kappa shape index (κ1) is 25.9. The van der Waals surface area contributed by atoms with Crippen molar-refractivity contribution in [2.45, 2.75) is 25.7 Å². The maximum atomic E-state index is 13.0. The summed E-state index contributed by atoms with van der Waals surface area (Å²) in [5.74, 6) is 3.06. The molecule has 0 atom stereocenters. The number of amides is 1. The van der Waals surface area contributed by atoms with Gasteiger partial charge in [0.25, 0.3) is 0 Å². The molecule has 5 heterocycles. The highest BCUT2D eigenvalue weighted by Crippen LogP contribution is 2.33. The van der Waals surface area contributed by atoms with Crippen molar-refractivity contribution in [3.63, 3.8) is 0 Å². The van der Waals surface area contributed by atoms with E-state index in [9.17, 15) is 4.79 Å². The number of nitrogens with one attached hydrogen (secondary N) is 1. The van der Waals surface area contributed by atoms with Gasteiger partial charge in [0, 0.05) is 75.2 Å². The minimum absolute atomic E-state index is 0.0187.